The summed E-state index contributed by atoms with van der Waals surface area (Å²) in [5.41, 5.74) is 2.19. The minimum atomic E-state index is 0.0908. The van der Waals surface area contributed by atoms with E-state index in [0.29, 0.717) is 0 Å². The molecule has 0 spiro atoms. The molecule has 0 aromatic heterocycles. The van der Waals surface area contributed by atoms with E-state index in [1.165, 1.54) is 24.8 Å². The second-order valence-electron chi connectivity index (χ2n) is 4.48. The molecule has 1 atom stereocenters. The summed E-state index contributed by atoms with van der Waals surface area (Å²) in [6.45, 7) is 2.21. The van der Waals surface area contributed by atoms with Gasteiger partial charge in [0.1, 0.15) is 0 Å². The van der Waals surface area contributed by atoms with Crippen LogP contribution in [-0.4, -0.2) is 5.91 Å². The fourth-order valence-electron chi connectivity index (χ4n) is 2.34. The van der Waals surface area contributed by atoms with Gasteiger partial charge in [-0.05, 0) is 18.1 Å². The molecular formula is C14H19NO. The molecule has 1 N–H and O–H groups in total. The van der Waals surface area contributed by atoms with Gasteiger partial charge in [-0.15, -0.1) is 0 Å². The molecule has 0 radical (unpaired) electrons. The van der Waals surface area contributed by atoms with E-state index in [-0.39, 0.29) is 11.8 Å². The number of para-hydroxylation sites is 1. The monoisotopic (exact) mass is 217 g/mol. The number of hydrogen-bond donors (Lipinski definition) is 1. The summed E-state index contributed by atoms with van der Waals surface area (Å²) in [5.74, 6) is 0.269. The number of unbranched alkanes of at least 4 members (excludes halogenated alkanes) is 3. The van der Waals surface area contributed by atoms with Gasteiger partial charge in [0, 0.05) is 5.69 Å². The Labute approximate surface area is 97.1 Å². The number of carbonyl (C=O) groups excluding carboxylic acids is 1. The average molecular weight is 217 g/mol. The summed E-state index contributed by atoms with van der Waals surface area (Å²) < 4.78 is 0. The summed E-state index contributed by atoms with van der Waals surface area (Å²) in [6.07, 6.45) is 5.90. The molecule has 1 amide bonds. The lowest BCUT2D eigenvalue weighted by molar-refractivity contribution is -0.117. The Bertz CT molecular complexity index is 373. The lowest BCUT2D eigenvalue weighted by Crippen LogP contribution is -2.11. The Morgan fingerprint density at radius 2 is 2.00 bits per heavy atom. The second-order valence-corrected chi connectivity index (χ2v) is 4.48. The van der Waals surface area contributed by atoms with Crippen LogP contribution >= 0.6 is 0 Å². The zero-order chi connectivity index (χ0) is 11.4. The summed E-state index contributed by atoms with van der Waals surface area (Å²) in [6, 6.07) is 8.04. The van der Waals surface area contributed by atoms with Gasteiger partial charge in [0.25, 0.3) is 0 Å². The number of amides is 1. The van der Waals surface area contributed by atoms with Crippen molar-refractivity contribution >= 4 is 11.6 Å². The van der Waals surface area contributed by atoms with Crippen LogP contribution in [0.5, 0.6) is 0 Å². The maximum Gasteiger partial charge on any atom is 0.232 e. The molecule has 1 aliphatic rings. The first-order valence-electron chi connectivity index (χ1n) is 6.22. The fourth-order valence-corrected chi connectivity index (χ4v) is 2.34. The first-order chi connectivity index (χ1) is 7.83. The minimum Gasteiger partial charge on any atom is -0.325 e. The number of nitrogens with one attached hydrogen (secondary N) is 1. The standard InChI is InChI=1S/C14H19NO/c1-2-3-4-5-9-12-11-8-6-7-10-13(11)15-14(12)16/h6-8,10,12H,2-5,9H2,1H3,(H,15,16). The third-order valence-corrected chi connectivity index (χ3v) is 3.26. The van der Waals surface area contributed by atoms with E-state index in [9.17, 15) is 4.79 Å². The van der Waals surface area contributed by atoms with Crippen molar-refractivity contribution in [1.29, 1.82) is 0 Å². The summed E-state index contributed by atoms with van der Waals surface area (Å²) in [5, 5.41) is 2.95. The van der Waals surface area contributed by atoms with Crippen molar-refractivity contribution in [1.82, 2.24) is 0 Å². The number of fused-ring (bicyclic) bond motifs is 1. The normalized spacial score (nSPS) is 18.3. The zero-order valence-corrected chi connectivity index (χ0v) is 9.83. The van der Waals surface area contributed by atoms with Gasteiger partial charge in [0.2, 0.25) is 5.91 Å². The van der Waals surface area contributed by atoms with E-state index >= 15 is 0 Å². The quantitative estimate of drug-likeness (QED) is 0.749. The van der Waals surface area contributed by atoms with E-state index in [4.69, 9.17) is 0 Å². The van der Waals surface area contributed by atoms with Crippen molar-refractivity contribution in [2.24, 2.45) is 0 Å². The highest BCUT2D eigenvalue weighted by Gasteiger charge is 2.29. The van der Waals surface area contributed by atoms with Gasteiger partial charge in [-0.25, -0.2) is 0 Å². The first kappa shape index (κ1) is 11.2. The van der Waals surface area contributed by atoms with Crippen molar-refractivity contribution in [3.63, 3.8) is 0 Å². The average Bonchev–Trinajstić information content (AvgIpc) is 2.61. The lowest BCUT2D eigenvalue weighted by Gasteiger charge is -2.07. The van der Waals surface area contributed by atoms with E-state index in [0.717, 1.165) is 18.5 Å². The van der Waals surface area contributed by atoms with Gasteiger partial charge in [0.05, 0.1) is 5.92 Å². The Hall–Kier alpha value is -1.31. The highest BCUT2D eigenvalue weighted by Crippen LogP contribution is 2.35. The number of rotatable bonds is 5. The van der Waals surface area contributed by atoms with Gasteiger partial charge in [-0.1, -0.05) is 50.8 Å². The van der Waals surface area contributed by atoms with Crippen LogP contribution in [0.2, 0.25) is 0 Å². The molecular weight excluding hydrogens is 198 g/mol. The SMILES string of the molecule is CCCCCCC1C(=O)Nc2ccccc21. The van der Waals surface area contributed by atoms with Crippen molar-refractivity contribution in [2.75, 3.05) is 5.32 Å². The second kappa shape index (κ2) is 5.15. The molecule has 1 unspecified atom stereocenters. The number of carbonyl (C=O) groups is 1. The van der Waals surface area contributed by atoms with E-state index in [1.54, 1.807) is 0 Å². The molecule has 1 heterocycles. The van der Waals surface area contributed by atoms with Gasteiger partial charge < -0.3 is 5.32 Å². The smallest absolute Gasteiger partial charge is 0.232 e. The van der Waals surface area contributed by atoms with Crippen LogP contribution in [0.3, 0.4) is 0 Å². The van der Waals surface area contributed by atoms with Crippen LogP contribution in [0.15, 0.2) is 24.3 Å². The van der Waals surface area contributed by atoms with E-state index < -0.39 is 0 Å². The van der Waals surface area contributed by atoms with Gasteiger partial charge in [-0.2, -0.15) is 0 Å². The molecule has 86 valence electrons. The Kier molecular flexibility index (Phi) is 3.60. The van der Waals surface area contributed by atoms with Crippen molar-refractivity contribution in [3.8, 4) is 0 Å². The zero-order valence-electron chi connectivity index (χ0n) is 9.83. The van der Waals surface area contributed by atoms with Crippen LogP contribution in [0.1, 0.15) is 50.5 Å². The molecule has 0 fully saturated rings. The topological polar surface area (TPSA) is 29.1 Å². The highest BCUT2D eigenvalue weighted by molar-refractivity contribution is 6.02. The summed E-state index contributed by atoms with van der Waals surface area (Å²) >= 11 is 0. The maximum atomic E-state index is 11.8. The van der Waals surface area contributed by atoms with Crippen molar-refractivity contribution in [2.45, 2.75) is 44.9 Å². The summed E-state index contributed by atoms with van der Waals surface area (Å²) in [7, 11) is 0. The van der Waals surface area contributed by atoms with Crippen LogP contribution in [0, 0.1) is 0 Å². The predicted molar refractivity (Wildman–Crippen MR) is 66.6 cm³/mol. The third-order valence-electron chi connectivity index (χ3n) is 3.26. The maximum absolute atomic E-state index is 11.8. The van der Waals surface area contributed by atoms with Gasteiger partial charge in [0.15, 0.2) is 0 Å². The molecule has 0 saturated heterocycles. The molecule has 16 heavy (non-hydrogen) atoms. The number of benzene rings is 1. The molecule has 1 aliphatic heterocycles. The minimum absolute atomic E-state index is 0.0908. The van der Waals surface area contributed by atoms with Crippen LogP contribution in [-0.2, 0) is 4.79 Å². The summed E-state index contributed by atoms with van der Waals surface area (Å²) in [4.78, 5) is 11.8. The largest absolute Gasteiger partial charge is 0.325 e. The third kappa shape index (κ3) is 2.26. The van der Waals surface area contributed by atoms with Crippen LogP contribution < -0.4 is 5.32 Å². The Morgan fingerprint density at radius 3 is 2.81 bits per heavy atom. The van der Waals surface area contributed by atoms with E-state index in [2.05, 4.69) is 18.3 Å². The molecule has 1 aromatic carbocycles. The Morgan fingerprint density at radius 1 is 1.19 bits per heavy atom. The van der Waals surface area contributed by atoms with Gasteiger partial charge >= 0.3 is 0 Å². The first-order valence-corrected chi connectivity index (χ1v) is 6.22. The number of hydrogen-bond acceptors (Lipinski definition) is 1. The molecule has 2 rings (SSSR count). The molecule has 0 bridgehead atoms. The molecule has 0 aliphatic carbocycles. The van der Waals surface area contributed by atoms with Gasteiger partial charge in [-0.3, -0.25) is 4.79 Å². The predicted octanol–water partition coefficient (Wildman–Crippen LogP) is 3.69. The molecule has 2 heteroatoms. The van der Waals surface area contributed by atoms with Crippen molar-refractivity contribution in [3.05, 3.63) is 29.8 Å². The van der Waals surface area contributed by atoms with Crippen molar-refractivity contribution < 1.29 is 4.79 Å². The number of anilines is 1. The lowest BCUT2D eigenvalue weighted by atomic mass is 9.94. The Balaban J connectivity index is 1.97. The van der Waals surface area contributed by atoms with E-state index in [1.807, 2.05) is 18.2 Å². The molecule has 2 nitrogen and oxygen atoms in total. The fraction of sp³-hybridized carbons (Fsp3) is 0.500. The molecule has 1 aromatic rings. The van der Waals surface area contributed by atoms with Crippen LogP contribution in [0.4, 0.5) is 5.69 Å². The highest BCUT2D eigenvalue weighted by atomic mass is 16.2. The molecule has 0 saturated carbocycles. The van der Waals surface area contributed by atoms with Crippen LogP contribution in [0.25, 0.3) is 0 Å².